The van der Waals surface area contributed by atoms with Crippen molar-refractivity contribution in [3.05, 3.63) is 58.6 Å². The first-order chi connectivity index (χ1) is 12.8. The van der Waals surface area contributed by atoms with Gasteiger partial charge in [-0.3, -0.25) is 4.79 Å². The lowest BCUT2D eigenvalue weighted by Crippen LogP contribution is -2.26. The van der Waals surface area contributed by atoms with E-state index in [1.165, 1.54) is 11.3 Å². The molecule has 1 N–H and O–H groups in total. The molecule has 0 saturated carbocycles. The number of esters is 1. The number of hydrogen-bond donors (Lipinski definition) is 1. The molecule has 0 fully saturated rings. The van der Waals surface area contributed by atoms with Crippen LogP contribution in [0.2, 0.25) is 0 Å². The Balaban J connectivity index is 1.49. The molecule has 0 radical (unpaired) electrons. The van der Waals surface area contributed by atoms with Crippen molar-refractivity contribution in [1.82, 2.24) is 9.71 Å². The summed E-state index contributed by atoms with van der Waals surface area (Å²) < 4.78 is 33.2. The van der Waals surface area contributed by atoms with E-state index in [0.717, 1.165) is 21.3 Å². The zero-order valence-corrected chi connectivity index (χ0v) is 16.7. The molecule has 142 valence electrons. The van der Waals surface area contributed by atoms with Crippen LogP contribution in [-0.2, 0) is 26.2 Å². The molecule has 6 nitrogen and oxygen atoms in total. The average molecular weight is 405 g/mol. The summed E-state index contributed by atoms with van der Waals surface area (Å²) in [6.45, 7) is 3.84. The second kappa shape index (κ2) is 8.16. The quantitative estimate of drug-likeness (QED) is 0.611. The number of rotatable bonds is 7. The maximum atomic E-state index is 12.3. The molecule has 0 bridgehead atoms. The zero-order valence-electron chi connectivity index (χ0n) is 15.1. The predicted molar refractivity (Wildman–Crippen MR) is 105 cm³/mol. The summed E-state index contributed by atoms with van der Waals surface area (Å²) in [4.78, 5) is 16.4. The summed E-state index contributed by atoms with van der Waals surface area (Å²) in [5.41, 5.74) is 2.79. The summed E-state index contributed by atoms with van der Waals surface area (Å²) in [6, 6.07) is 12.6. The minimum atomic E-state index is -3.65. The van der Waals surface area contributed by atoms with Crippen LogP contribution < -0.4 is 4.72 Å². The van der Waals surface area contributed by atoms with Gasteiger partial charge in [-0.05, 0) is 49.2 Å². The van der Waals surface area contributed by atoms with Gasteiger partial charge in [-0.2, -0.15) is 0 Å². The monoisotopic (exact) mass is 404 g/mol. The minimum absolute atomic E-state index is 0.0199. The van der Waals surface area contributed by atoms with Gasteiger partial charge in [0.1, 0.15) is 11.6 Å². The normalized spacial score (nSPS) is 11.6. The Morgan fingerprint density at radius 3 is 2.67 bits per heavy atom. The standard InChI is InChI=1S/C19H20N2O4S2/c1-13-7-8-15(11-14(13)2)27(23,24)20-10-9-19(22)25-12-18-21-16-5-3-4-6-17(16)26-18/h3-8,11,20H,9-10,12H2,1-2H3. The molecule has 0 atom stereocenters. The lowest BCUT2D eigenvalue weighted by molar-refractivity contribution is -0.144. The number of nitrogens with zero attached hydrogens (tertiary/aromatic N) is 1. The highest BCUT2D eigenvalue weighted by Crippen LogP contribution is 2.22. The molecule has 0 aliphatic heterocycles. The highest BCUT2D eigenvalue weighted by molar-refractivity contribution is 7.89. The number of benzene rings is 2. The van der Waals surface area contributed by atoms with Crippen molar-refractivity contribution < 1.29 is 17.9 Å². The Hall–Kier alpha value is -2.29. The Labute approximate surface area is 162 Å². The highest BCUT2D eigenvalue weighted by Gasteiger charge is 2.15. The topological polar surface area (TPSA) is 85.4 Å². The molecular formula is C19H20N2O4S2. The lowest BCUT2D eigenvalue weighted by Gasteiger charge is -2.08. The van der Waals surface area contributed by atoms with E-state index in [9.17, 15) is 13.2 Å². The van der Waals surface area contributed by atoms with E-state index < -0.39 is 16.0 Å². The Bertz CT molecular complexity index is 1040. The molecule has 0 spiro atoms. The van der Waals surface area contributed by atoms with Crippen LogP contribution in [0.4, 0.5) is 0 Å². The van der Waals surface area contributed by atoms with Crippen LogP contribution in [0.15, 0.2) is 47.4 Å². The zero-order chi connectivity index (χ0) is 19.4. The van der Waals surface area contributed by atoms with Gasteiger partial charge in [0, 0.05) is 6.54 Å². The summed E-state index contributed by atoms with van der Waals surface area (Å²) in [5.74, 6) is -0.475. The Morgan fingerprint density at radius 2 is 1.93 bits per heavy atom. The molecule has 3 aromatic rings. The summed E-state index contributed by atoms with van der Waals surface area (Å²) in [7, 11) is -3.65. The molecule has 0 aliphatic rings. The lowest BCUT2D eigenvalue weighted by atomic mass is 10.1. The fraction of sp³-hybridized carbons (Fsp3) is 0.263. The summed E-state index contributed by atoms with van der Waals surface area (Å²) in [5, 5.41) is 0.709. The number of para-hydroxylation sites is 1. The van der Waals surface area contributed by atoms with Gasteiger partial charge in [0.15, 0.2) is 0 Å². The van der Waals surface area contributed by atoms with Crippen molar-refractivity contribution in [1.29, 1.82) is 0 Å². The number of carbonyl (C=O) groups is 1. The van der Waals surface area contributed by atoms with Gasteiger partial charge in [-0.15, -0.1) is 11.3 Å². The number of carbonyl (C=O) groups excluding carboxylic acids is 1. The third-order valence-corrected chi connectivity index (χ3v) is 6.57. The molecule has 1 aromatic heterocycles. The SMILES string of the molecule is Cc1ccc(S(=O)(=O)NCCC(=O)OCc2nc3ccccc3s2)cc1C. The van der Waals surface area contributed by atoms with Crippen molar-refractivity contribution >= 4 is 37.5 Å². The first-order valence-corrected chi connectivity index (χ1v) is 10.7. The van der Waals surface area contributed by atoms with Crippen molar-refractivity contribution in [2.45, 2.75) is 31.8 Å². The number of hydrogen-bond acceptors (Lipinski definition) is 6. The molecular weight excluding hydrogens is 384 g/mol. The smallest absolute Gasteiger partial charge is 0.307 e. The van der Waals surface area contributed by atoms with E-state index in [-0.39, 0.29) is 24.5 Å². The summed E-state index contributed by atoms with van der Waals surface area (Å²) in [6.07, 6.45) is -0.0467. The van der Waals surface area contributed by atoms with E-state index in [2.05, 4.69) is 9.71 Å². The first-order valence-electron chi connectivity index (χ1n) is 8.42. The Morgan fingerprint density at radius 1 is 1.15 bits per heavy atom. The van der Waals surface area contributed by atoms with Crippen LogP contribution in [0.5, 0.6) is 0 Å². The number of fused-ring (bicyclic) bond motifs is 1. The number of ether oxygens (including phenoxy) is 1. The molecule has 0 unspecified atom stereocenters. The van der Waals surface area contributed by atoms with Crippen LogP contribution in [0, 0.1) is 13.8 Å². The third kappa shape index (κ3) is 4.91. The maximum Gasteiger partial charge on any atom is 0.307 e. The van der Waals surface area contributed by atoms with E-state index >= 15 is 0 Å². The molecule has 0 aliphatic carbocycles. The van der Waals surface area contributed by atoms with Crippen LogP contribution >= 0.6 is 11.3 Å². The van der Waals surface area contributed by atoms with E-state index in [4.69, 9.17) is 4.74 Å². The number of sulfonamides is 1. The van der Waals surface area contributed by atoms with Gasteiger partial charge in [-0.1, -0.05) is 18.2 Å². The number of aromatic nitrogens is 1. The van der Waals surface area contributed by atoms with Gasteiger partial charge >= 0.3 is 5.97 Å². The fourth-order valence-electron chi connectivity index (χ4n) is 2.45. The molecule has 0 amide bonds. The largest absolute Gasteiger partial charge is 0.458 e. The van der Waals surface area contributed by atoms with Crippen LogP contribution in [0.25, 0.3) is 10.2 Å². The fourth-order valence-corrected chi connectivity index (χ4v) is 4.45. The maximum absolute atomic E-state index is 12.3. The molecule has 8 heteroatoms. The van der Waals surface area contributed by atoms with Crippen molar-refractivity contribution in [2.24, 2.45) is 0 Å². The van der Waals surface area contributed by atoms with Crippen LogP contribution in [-0.4, -0.2) is 25.9 Å². The molecule has 1 heterocycles. The van der Waals surface area contributed by atoms with Gasteiger partial charge in [0.25, 0.3) is 0 Å². The molecule has 3 rings (SSSR count). The number of nitrogens with one attached hydrogen (secondary N) is 1. The predicted octanol–water partition coefficient (Wildman–Crippen LogP) is 3.32. The van der Waals surface area contributed by atoms with Gasteiger partial charge in [0.2, 0.25) is 10.0 Å². The number of thiazole rings is 1. The van der Waals surface area contributed by atoms with Crippen LogP contribution in [0.3, 0.4) is 0 Å². The van der Waals surface area contributed by atoms with Gasteiger partial charge < -0.3 is 4.74 Å². The second-order valence-corrected chi connectivity index (χ2v) is 9.01. The Kier molecular flexibility index (Phi) is 5.88. The second-order valence-electron chi connectivity index (χ2n) is 6.13. The number of aryl methyl sites for hydroxylation is 2. The third-order valence-electron chi connectivity index (χ3n) is 4.10. The van der Waals surface area contributed by atoms with Crippen molar-refractivity contribution in [3.63, 3.8) is 0 Å². The van der Waals surface area contributed by atoms with E-state index in [1.54, 1.807) is 18.2 Å². The summed E-state index contributed by atoms with van der Waals surface area (Å²) >= 11 is 1.47. The molecule has 0 saturated heterocycles. The van der Waals surface area contributed by atoms with Gasteiger partial charge in [0.05, 0.1) is 21.5 Å². The van der Waals surface area contributed by atoms with Crippen molar-refractivity contribution in [3.8, 4) is 0 Å². The minimum Gasteiger partial charge on any atom is -0.458 e. The average Bonchev–Trinajstić information content (AvgIpc) is 3.05. The highest BCUT2D eigenvalue weighted by atomic mass is 32.2. The van der Waals surface area contributed by atoms with Gasteiger partial charge in [-0.25, -0.2) is 18.1 Å². The van der Waals surface area contributed by atoms with E-state index in [0.29, 0.717) is 5.01 Å². The molecule has 27 heavy (non-hydrogen) atoms. The first kappa shape index (κ1) is 19.5. The van der Waals surface area contributed by atoms with E-state index in [1.807, 2.05) is 38.1 Å². The van der Waals surface area contributed by atoms with Crippen LogP contribution in [0.1, 0.15) is 22.6 Å². The molecule has 2 aromatic carbocycles. The van der Waals surface area contributed by atoms with Crippen molar-refractivity contribution in [2.75, 3.05) is 6.54 Å².